The maximum atomic E-state index is 13.3. The summed E-state index contributed by atoms with van der Waals surface area (Å²) in [5.74, 6) is -0.672. The van der Waals surface area contributed by atoms with Gasteiger partial charge in [-0.25, -0.2) is 0 Å². The van der Waals surface area contributed by atoms with Gasteiger partial charge >= 0.3 is 0 Å². The second-order valence-electron chi connectivity index (χ2n) is 10.7. The molecule has 0 aromatic rings. The van der Waals surface area contributed by atoms with Crippen molar-refractivity contribution in [2.24, 2.45) is 28.6 Å². The quantitative estimate of drug-likeness (QED) is 0.724. The zero-order valence-corrected chi connectivity index (χ0v) is 19.0. The van der Waals surface area contributed by atoms with Gasteiger partial charge in [-0.2, -0.15) is 0 Å². The smallest absolute Gasteiger partial charge is 0.281 e. The summed E-state index contributed by atoms with van der Waals surface area (Å²) in [6.07, 6.45) is 8.65. The van der Waals surface area contributed by atoms with Gasteiger partial charge in [-0.15, -0.1) is 0 Å². The van der Waals surface area contributed by atoms with E-state index in [0.717, 1.165) is 24.8 Å². The molecule has 8 atom stereocenters. The van der Waals surface area contributed by atoms with Crippen LogP contribution in [0.1, 0.15) is 59.8 Å². The minimum atomic E-state index is -1.25. The van der Waals surface area contributed by atoms with Crippen LogP contribution in [0.3, 0.4) is 0 Å². The lowest BCUT2D eigenvalue weighted by Crippen LogP contribution is -2.67. The Balaban J connectivity index is 1.53. The molecule has 0 aromatic heterocycles. The van der Waals surface area contributed by atoms with E-state index in [1.54, 1.807) is 19.1 Å². The molecule has 0 radical (unpaired) electrons. The standard InChI is InChI=1S/C25H34O6/c1-5-29-24(4)30-14-20(28)25(31-24)11-9-18-17-7-6-15-12-16(26)8-10-22(15,2)21(17)19(27)13-23(18,25)3/h8,10,12,17-19,21,27H,5-7,9,11,13-14H2,1-4H3/t17-,18+,19+,21-,22-,23+,24+,25-/m0/s1. The highest BCUT2D eigenvalue weighted by Crippen LogP contribution is 2.68. The number of Topliss-reactive ketones (excluding diaryl/α,β-unsaturated/α-hetero) is 1. The monoisotopic (exact) mass is 430 g/mol. The molecule has 170 valence electrons. The lowest BCUT2D eigenvalue weighted by Gasteiger charge is -2.61. The highest BCUT2D eigenvalue weighted by atomic mass is 16.9. The third-order valence-electron chi connectivity index (χ3n) is 9.30. The number of hydrogen-bond donors (Lipinski definition) is 1. The van der Waals surface area contributed by atoms with Crippen LogP contribution in [0.2, 0.25) is 0 Å². The summed E-state index contributed by atoms with van der Waals surface area (Å²) >= 11 is 0. The molecular formula is C25H34O6. The largest absolute Gasteiger partial charge is 0.393 e. The minimum absolute atomic E-state index is 0.0293. The average Bonchev–Trinajstić information content (AvgIpc) is 2.98. The molecule has 1 spiro atoms. The molecule has 1 heterocycles. The van der Waals surface area contributed by atoms with Crippen molar-refractivity contribution in [2.75, 3.05) is 13.2 Å². The molecule has 4 aliphatic carbocycles. The Hall–Kier alpha value is -1.34. The first-order valence-corrected chi connectivity index (χ1v) is 11.7. The number of ketones is 2. The number of carbonyl (C=O) groups excluding carboxylic acids is 2. The van der Waals surface area contributed by atoms with E-state index in [1.165, 1.54) is 0 Å². The summed E-state index contributed by atoms with van der Waals surface area (Å²) < 4.78 is 17.9. The lowest BCUT2D eigenvalue weighted by atomic mass is 9.46. The number of allylic oxidation sites excluding steroid dienone is 4. The second-order valence-corrected chi connectivity index (χ2v) is 10.7. The van der Waals surface area contributed by atoms with Gasteiger partial charge in [0.05, 0.1) is 6.10 Å². The van der Waals surface area contributed by atoms with Gasteiger partial charge < -0.3 is 19.3 Å². The van der Waals surface area contributed by atoms with Gasteiger partial charge in [0.25, 0.3) is 5.97 Å². The first-order chi connectivity index (χ1) is 14.6. The Kier molecular flexibility index (Phi) is 4.74. The fourth-order valence-electron chi connectivity index (χ4n) is 7.99. The maximum absolute atomic E-state index is 13.3. The van der Waals surface area contributed by atoms with Crippen molar-refractivity contribution in [2.45, 2.75) is 77.5 Å². The molecule has 1 N–H and O–H groups in total. The molecule has 1 saturated heterocycles. The van der Waals surface area contributed by atoms with Crippen LogP contribution >= 0.6 is 0 Å². The Morgan fingerprint density at radius 1 is 1.23 bits per heavy atom. The van der Waals surface area contributed by atoms with Crippen molar-refractivity contribution >= 4 is 11.6 Å². The molecule has 0 amide bonds. The van der Waals surface area contributed by atoms with E-state index >= 15 is 0 Å². The predicted octanol–water partition coefficient (Wildman–Crippen LogP) is 3.33. The van der Waals surface area contributed by atoms with Crippen LogP contribution in [-0.2, 0) is 23.8 Å². The Bertz CT molecular complexity index is 877. The van der Waals surface area contributed by atoms with E-state index in [1.807, 2.05) is 13.0 Å². The fraction of sp³-hybridized carbons (Fsp3) is 0.760. The number of ether oxygens (including phenoxy) is 3. The van der Waals surface area contributed by atoms with Crippen LogP contribution in [-0.4, -0.2) is 47.6 Å². The van der Waals surface area contributed by atoms with Gasteiger partial charge in [-0.3, -0.25) is 9.59 Å². The van der Waals surface area contributed by atoms with Crippen molar-refractivity contribution in [3.8, 4) is 0 Å². The van der Waals surface area contributed by atoms with Gasteiger partial charge in [0.1, 0.15) is 12.2 Å². The molecule has 0 bridgehead atoms. The number of aliphatic hydroxyl groups is 1. The lowest BCUT2D eigenvalue weighted by molar-refractivity contribution is -0.420. The highest BCUT2D eigenvalue weighted by Gasteiger charge is 2.71. The van der Waals surface area contributed by atoms with Crippen molar-refractivity contribution in [1.29, 1.82) is 0 Å². The SMILES string of the molecule is CCO[C@]1(C)OCC(=O)[C@]2(CC[C@@H]3[C@@H]4CCC5=CC(=O)C=C[C@]5(C)[C@@H]4[C@H](O)C[C@]32C)O1. The van der Waals surface area contributed by atoms with E-state index in [0.29, 0.717) is 19.4 Å². The molecule has 31 heavy (non-hydrogen) atoms. The molecule has 6 nitrogen and oxygen atoms in total. The predicted molar refractivity (Wildman–Crippen MR) is 113 cm³/mol. The van der Waals surface area contributed by atoms with Gasteiger partial charge in [0.2, 0.25) is 0 Å². The molecule has 3 saturated carbocycles. The van der Waals surface area contributed by atoms with E-state index in [4.69, 9.17) is 14.2 Å². The molecule has 6 heteroatoms. The van der Waals surface area contributed by atoms with Crippen LogP contribution in [0, 0.1) is 28.6 Å². The van der Waals surface area contributed by atoms with Gasteiger partial charge in [-0.05, 0) is 63.0 Å². The number of fused-ring (bicyclic) bond motifs is 6. The van der Waals surface area contributed by atoms with Crippen LogP contribution in [0.4, 0.5) is 0 Å². The van der Waals surface area contributed by atoms with Crippen molar-refractivity contribution in [3.05, 3.63) is 23.8 Å². The normalized spacial score (nSPS) is 51.3. The maximum Gasteiger partial charge on any atom is 0.281 e. The third kappa shape index (κ3) is 2.78. The van der Waals surface area contributed by atoms with E-state index < -0.39 is 23.1 Å². The Labute approximate surface area is 184 Å². The number of carbonyl (C=O) groups is 2. The van der Waals surface area contributed by atoms with E-state index in [-0.39, 0.29) is 41.3 Å². The summed E-state index contributed by atoms with van der Waals surface area (Å²) in [5.41, 5.74) is -0.660. The Morgan fingerprint density at radius 2 is 2.00 bits per heavy atom. The van der Waals surface area contributed by atoms with Crippen LogP contribution in [0.5, 0.6) is 0 Å². The molecule has 0 aromatic carbocycles. The van der Waals surface area contributed by atoms with E-state index in [2.05, 4.69) is 13.8 Å². The Morgan fingerprint density at radius 3 is 2.74 bits per heavy atom. The van der Waals surface area contributed by atoms with Gasteiger partial charge in [0, 0.05) is 30.3 Å². The topological polar surface area (TPSA) is 82.1 Å². The minimum Gasteiger partial charge on any atom is -0.393 e. The molecular weight excluding hydrogens is 396 g/mol. The van der Waals surface area contributed by atoms with Crippen molar-refractivity contribution in [1.82, 2.24) is 0 Å². The zero-order valence-electron chi connectivity index (χ0n) is 19.0. The molecule has 5 rings (SSSR count). The molecule has 0 unspecified atom stereocenters. The van der Waals surface area contributed by atoms with Gasteiger partial charge in [0.15, 0.2) is 11.6 Å². The first kappa shape index (κ1) is 21.5. The highest BCUT2D eigenvalue weighted by molar-refractivity contribution is 6.01. The first-order valence-electron chi connectivity index (χ1n) is 11.7. The molecule has 4 fully saturated rings. The zero-order chi connectivity index (χ0) is 22.2. The van der Waals surface area contributed by atoms with Crippen molar-refractivity contribution in [3.63, 3.8) is 0 Å². The van der Waals surface area contributed by atoms with Crippen LogP contribution in [0.15, 0.2) is 23.8 Å². The molecule has 1 aliphatic heterocycles. The number of aliphatic hydroxyl groups excluding tert-OH is 1. The van der Waals surface area contributed by atoms with Crippen LogP contribution < -0.4 is 0 Å². The number of rotatable bonds is 2. The summed E-state index contributed by atoms with van der Waals surface area (Å²) in [7, 11) is 0. The average molecular weight is 431 g/mol. The summed E-state index contributed by atoms with van der Waals surface area (Å²) in [5, 5.41) is 11.5. The van der Waals surface area contributed by atoms with E-state index in [9.17, 15) is 14.7 Å². The second kappa shape index (κ2) is 6.83. The summed E-state index contributed by atoms with van der Waals surface area (Å²) in [6.45, 7) is 8.31. The fourth-order valence-corrected chi connectivity index (χ4v) is 7.99. The summed E-state index contributed by atoms with van der Waals surface area (Å²) in [6, 6.07) is 0. The van der Waals surface area contributed by atoms with Gasteiger partial charge in [-0.1, -0.05) is 25.5 Å². The molecule has 5 aliphatic rings. The number of hydrogen-bond acceptors (Lipinski definition) is 6. The van der Waals surface area contributed by atoms with Crippen LogP contribution in [0.25, 0.3) is 0 Å². The van der Waals surface area contributed by atoms with Crippen molar-refractivity contribution < 1.29 is 28.9 Å². The third-order valence-corrected chi connectivity index (χ3v) is 9.30. The summed E-state index contributed by atoms with van der Waals surface area (Å²) in [4.78, 5) is 25.3.